The van der Waals surface area contributed by atoms with Gasteiger partial charge in [0.2, 0.25) is 0 Å². The zero-order valence-electron chi connectivity index (χ0n) is 18.8. The highest BCUT2D eigenvalue weighted by atomic mass is 19.1. The molecule has 6 heteroatoms. The van der Waals surface area contributed by atoms with Gasteiger partial charge in [-0.05, 0) is 83.4 Å². The second-order valence-electron chi connectivity index (χ2n) is 9.60. The number of hydrogen-bond donors (Lipinski definition) is 2. The number of hydrogen-bond acceptors (Lipinski definition) is 3. The lowest BCUT2D eigenvalue weighted by molar-refractivity contribution is -0.138. The lowest BCUT2D eigenvalue weighted by Crippen LogP contribution is -2.45. The lowest BCUT2D eigenvalue weighted by atomic mass is 9.65. The van der Waals surface area contributed by atoms with E-state index in [4.69, 9.17) is 5.10 Å². The van der Waals surface area contributed by atoms with Crippen molar-refractivity contribution in [2.75, 3.05) is 0 Å². The number of aryl methyl sites for hydroxylation is 1. The molecule has 0 spiro atoms. The van der Waals surface area contributed by atoms with E-state index in [1.54, 1.807) is 19.9 Å². The van der Waals surface area contributed by atoms with E-state index in [2.05, 4.69) is 6.58 Å². The number of rotatable bonds is 7. The largest absolute Gasteiger partial charge is 0.289 e. The minimum atomic E-state index is -1.37. The maximum absolute atomic E-state index is 14.5. The predicted molar refractivity (Wildman–Crippen MR) is 116 cm³/mol. The molecule has 5 nitrogen and oxygen atoms in total. The topological polar surface area (TPSA) is 67.2 Å². The molecule has 164 valence electrons. The standard InChI is InChI=1S/C24H34FN3O2/c1-7-8-19(16(4)15(2)3)24(22(29)27-30)12-11-20-18(13-24)21(17-9-10-17)28(26-20)14-23(5,6)25/h7-8,17,30H,1,9-14H2,2-6H3,(H,27,29)/b19-8+. The molecule has 3 rings (SSSR count). The van der Waals surface area contributed by atoms with Crippen molar-refractivity contribution in [3.05, 3.63) is 52.4 Å². The van der Waals surface area contributed by atoms with Crippen molar-refractivity contribution in [2.24, 2.45) is 5.41 Å². The fourth-order valence-corrected chi connectivity index (χ4v) is 4.65. The van der Waals surface area contributed by atoms with Crippen LogP contribution < -0.4 is 5.48 Å². The molecule has 1 saturated carbocycles. The highest BCUT2D eigenvalue weighted by Crippen LogP contribution is 2.50. The number of fused-ring (bicyclic) bond motifs is 1. The van der Waals surface area contributed by atoms with Gasteiger partial charge in [0.15, 0.2) is 0 Å². The molecule has 2 aliphatic carbocycles. The van der Waals surface area contributed by atoms with Crippen molar-refractivity contribution in [3.8, 4) is 0 Å². The zero-order chi connectivity index (χ0) is 22.3. The van der Waals surface area contributed by atoms with Gasteiger partial charge < -0.3 is 0 Å². The van der Waals surface area contributed by atoms with E-state index < -0.39 is 17.0 Å². The van der Waals surface area contributed by atoms with Crippen LogP contribution in [0.2, 0.25) is 0 Å². The molecule has 1 amide bonds. The monoisotopic (exact) mass is 415 g/mol. The van der Waals surface area contributed by atoms with E-state index in [0.29, 0.717) is 25.2 Å². The molecule has 0 radical (unpaired) electrons. The van der Waals surface area contributed by atoms with Crippen LogP contribution in [0.15, 0.2) is 35.5 Å². The first-order valence-electron chi connectivity index (χ1n) is 10.7. The van der Waals surface area contributed by atoms with E-state index in [0.717, 1.165) is 46.5 Å². The predicted octanol–water partition coefficient (Wildman–Crippen LogP) is 4.96. The molecule has 1 atom stereocenters. The van der Waals surface area contributed by atoms with Crippen molar-refractivity contribution in [1.29, 1.82) is 0 Å². The van der Waals surface area contributed by atoms with Crippen molar-refractivity contribution in [1.82, 2.24) is 15.3 Å². The molecule has 1 aromatic rings. The van der Waals surface area contributed by atoms with Gasteiger partial charge in [-0.3, -0.25) is 14.7 Å². The normalized spacial score (nSPS) is 21.8. The van der Waals surface area contributed by atoms with Crippen LogP contribution in [0.4, 0.5) is 4.39 Å². The molecule has 2 N–H and O–H groups in total. The summed E-state index contributed by atoms with van der Waals surface area (Å²) < 4.78 is 16.3. The molecule has 0 bridgehead atoms. The van der Waals surface area contributed by atoms with Crippen LogP contribution in [0, 0.1) is 5.41 Å². The van der Waals surface area contributed by atoms with Gasteiger partial charge in [0.05, 0.1) is 17.7 Å². The molecule has 1 heterocycles. The number of alkyl halides is 1. The number of amides is 1. The highest BCUT2D eigenvalue weighted by Gasteiger charge is 2.48. The molecule has 1 aromatic heterocycles. The number of halogens is 1. The molecule has 0 aliphatic heterocycles. The molecule has 0 aromatic carbocycles. The molecule has 1 fully saturated rings. The summed E-state index contributed by atoms with van der Waals surface area (Å²) in [5.74, 6) is -0.0462. The summed E-state index contributed by atoms with van der Waals surface area (Å²) in [4.78, 5) is 13.1. The molecular weight excluding hydrogens is 381 g/mol. The quantitative estimate of drug-likeness (QED) is 0.376. The lowest BCUT2D eigenvalue weighted by Gasteiger charge is -2.38. The Kier molecular flexibility index (Phi) is 6.10. The van der Waals surface area contributed by atoms with E-state index in [1.165, 1.54) is 0 Å². The minimum Gasteiger partial charge on any atom is -0.289 e. The molecule has 2 aliphatic rings. The Morgan fingerprint density at radius 3 is 2.57 bits per heavy atom. The van der Waals surface area contributed by atoms with Gasteiger partial charge in [-0.1, -0.05) is 24.3 Å². The Bertz CT molecular complexity index is 912. The second-order valence-corrected chi connectivity index (χ2v) is 9.60. The summed E-state index contributed by atoms with van der Waals surface area (Å²) in [6.45, 7) is 13.2. The SMILES string of the molecule is C=C/C=C(\C(C)=C(C)C)C1(C(=O)NO)CCc2nn(CC(C)(C)F)c(C3CC3)c2C1. The molecule has 1 unspecified atom stereocenters. The maximum Gasteiger partial charge on any atom is 0.254 e. The third-order valence-corrected chi connectivity index (χ3v) is 6.42. The van der Waals surface area contributed by atoms with Crippen LogP contribution in [-0.4, -0.2) is 26.6 Å². The fourth-order valence-electron chi connectivity index (χ4n) is 4.65. The van der Waals surface area contributed by atoms with Crippen molar-refractivity contribution < 1.29 is 14.4 Å². The number of nitrogens with one attached hydrogen (secondary N) is 1. The average molecular weight is 416 g/mol. The van der Waals surface area contributed by atoms with Crippen molar-refractivity contribution >= 4 is 5.91 Å². The summed E-state index contributed by atoms with van der Waals surface area (Å²) in [6.07, 6.45) is 7.27. The first-order chi connectivity index (χ1) is 14.0. The van der Waals surface area contributed by atoms with Crippen LogP contribution in [-0.2, 0) is 24.2 Å². The van der Waals surface area contributed by atoms with E-state index in [-0.39, 0.29) is 6.54 Å². The van der Waals surface area contributed by atoms with Crippen LogP contribution in [0.1, 0.15) is 76.8 Å². The minimum absolute atomic E-state index is 0.202. The number of carbonyl (C=O) groups excluding carboxylic acids is 1. The first kappa shape index (κ1) is 22.5. The van der Waals surface area contributed by atoms with Gasteiger partial charge in [-0.15, -0.1) is 0 Å². The maximum atomic E-state index is 14.5. The molecular formula is C24H34FN3O2. The summed E-state index contributed by atoms with van der Waals surface area (Å²) in [5.41, 5.74) is 5.71. The number of nitrogens with zero attached hydrogens (tertiary/aromatic N) is 2. The number of hydroxylamine groups is 1. The summed E-state index contributed by atoms with van der Waals surface area (Å²) in [6, 6.07) is 0. The van der Waals surface area contributed by atoms with Gasteiger partial charge in [0.1, 0.15) is 5.67 Å². The van der Waals surface area contributed by atoms with Gasteiger partial charge >= 0.3 is 0 Å². The Morgan fingerprint density at radius 2 is 2.07 bits per heavy atom. The summed E-state index contributed by atoms with van der Waals surface area (Å²) in [7, 11) is 0. The molecule has 0 saturated heterocycles. The Hall–Kier alpha value is -2.21. The van der Waals surface area contributed by atoms with Crippen LogP contribution in [0.5, 0.6) is 0 Å². The smallest absolute Gasteiger partial charge is 0.254 e. The van der Waals surface area contributed by atoms with E-state index in [9.17, 15) is 14.4 Å². The van der Waals surface area contributed by atoms with Gasteiger partial charge in [-0.25, -0.2) is 9.87 Å². The van der Waals surface area contributed by atoms with Crippen molar-refractivity contribution in [3.63, 3.8) is 0 Å². The number of allylic oxidation sites excluding steroid dienone is 4. The van der Waals surface area contributed by atoms with Crippen LogP contribution >= 0.6 is 0 Å². The Balaban J connectivity index is 2.16. The van der Waals surface area contributed by atoms with Crippen molar-refractivity contribution in [2.45, 2.75) is 84.9 Å². The number of aromatic nitrogens is 2. The fraction of sp³-hybridized carbons (Fsp3) is 0.583. The Morgan fingerprint density at radius 1 is 1.40 bits per heavy atom. The van der Waals surface area contributed by atoms with Crippen LogP contribution in [0.25, 0.3) is 0 Å². The van der Waals surface area contributed by atoms with E-state index in [1.807, 2.05) is 37.0 Å². The zero-order valence-corrected chi connectivity index (χ0v) is 18.8. The summed E-state index contributed by atoms with van der Waals surface area (Å²) in [5, 5.41) is 14.4. The molecule has 30 heavy (non-hydrogen) atoms. The van der Waals surface area contributed by atoms with E-state index >= 15 is 0 Å². The second kappa shape index (κ2) is 8.14. The average Bonchev–Trinajstić information content (AvgIpc) is 3.44. The number of carbonyl (C=O) groups is 1. The first-order valence-corrected chi connectivity index (χ1v) is 10.7. The highest BCUT2D eigenvalue weighted by molar-refractivity contribution is 5.87. The van der Waals surface area contributed by atoms with Gasteiger partial charge in [0.25, 0.3) is 5.91 Å². The van der Waals surface area contributed by atoms with Gasteiger partial charge in [0, 0.05) is 11.6 Å². The Labute approximate surface area is 178 Å². The third kappa shape index (κ3) is 4.15. The van der Waals surface area contributed by atoms with Gasteiger partial charge in [-0.2, -0.15) is 5.10 Å². The third-order valence-electron chi connectivity index (χ3n) is 6.42. The summed E-state index contributed by atoms with van der Waals surface area (Å²) >= 11 is 0. The van der Waals surface area contributed by atoms with Crippen LogP contribution in [0.3, 0.4) is 0 Å².